The van der Waals surface area contributed by atoms with Crippen molar-refractivity contribution >= 4 is 35.0 Å². The molecule has 0 saturated carbocycles. The zero-order valence-electron chi connectivity index (χ0n) is 20.3. The van der Waals surface area contributed by atoms with Gasteiger partial charge in [-0.15, -0.1) is 0 Å². The molecule has 0 heterocycles. The van der Waals surface area contributed by atoms with Crippen molar-refractivity contribution in [3.8, 4) is 0 Å². The normalized spacial score (nSPS) is 11.7. The largest absolute Gasteiger partial charge is 0.354 e. The van der Waals surface area contributed by atoms with Crippen LogP contribution >= 0.6 is 23.2 Å². The van der Waals surface area contributed by atoms with Gasteiger partial charge < -0.3 is 10.2 Å². The smallest absolute Gasteiger partial charge is 0.243 e. The molecule has 0 aliphatic rings. The summed E-state index contributed by atoms with van der Waals surface area (Å²) in [6.07, 6.45) is 2.27. The standard InChI is InChI=1S/C29H32Cl2N2O2/c1-3-4-17-32-29(35)27(18-22-9-6-5-7-10-22)33(20-23-15-13-21(2)14-16-23)28(34)19-24-25(30)11-8-12-26(24)31/h5-16,27H,3-4,17-20H2,1-2H3,(H,32,35)/t27-/m1/s1. The quantitative estimate of drug-likeness (QED) is 0.303. The highest BCUT2D eigenvalue weighted by Crippen LogP contribution is 2.26. The van der Waals surface area contributed by atoms with E-state index in [-0.39, 0.29) is 18.2 Å². The zero-order chi connectivity index (χ0) is 25.2. The lowest BCUT2D eigenvalue weighted by Gasteiger charge is -2.32. The first-order valence-electron chi connectivity index (χ1n) is 12.0. The molecule has 4 nitrogen and oxygen atoms in total. The van der Waals surface area contributed by atoms with Crippen LogP contribution in [0, 0.1) is 6.92 Å². The zero-order valence-corrected chi connectivity index (χ0v) is 21.8. The van der Waals surface area contributed by atoms with E-state index >= 15 is 0 Å². The van der Waals surface area contributed by atoms with Crippen molar-refractivity contribution < 1.29 is 9.59 Å². The highest BCUT2D eigenvalue weighted by Gasteiger charge is 2.31. The first kappa shape index (κ1) is 26.8. The van der Waals surface area contributed by atoms with Crippen molar-refractivity contribution in [1.82, 2.24) is 10.2 Å². The molecule has 0 radical (unpaired) electrons. The summed E-state index contributed by atoms with van der Waals surface area (Å²) in [4.78, 5) is 28.9. The van der Waals surface area contributed by atoms with Crippen LogP contribution in [0.2, 0.25) is 10.0 Å². The second-order valence-corrected chi connectivity index (χ2v) is 9.55. The first-order chi connectivity index (χ1) is 16.9. The Labute approximate surface area is 218 Å². The highest BCUT2D eigenvalue weighted by atomic mass is 35.5. The molecule has 3 rings (SSSR count). The maximum absolute atomic E-state index is 13.8. The summed E-state index contributed by atoms with van der Waals surface area (Å²) in [6.45, 7) is 4.98. The van der Waals surface area contributed by atoms with E-state index in [1.54, 1.807) is 23.1 Å². The summed E-state index contributed by atoms with van der Waals surface area (Å²) in [6, 6.07) is 22.3. The third-order valence-corrected chi connectivity index (χ3v) is 6.67. The van der Waals surface area contributed by atoms with Gasteiger partial charge in [-0.2, -0.15) is 0 Å². The predicted octanol–water partition coefficient (Wildman–Crippen LogP) is 6.40. The molecule has 3 aromatic rings. The molecule has 35 heavy (non-hydrogen) atoms. The van der Waals surface area contributed by atoms with Gasteiger partial charge in [-0.05, 0) is 42.2 Å². The number of benzene rings is 3. The first-order valence-corrected chi connectivity index (χ1v) is 12.7. The molecule has 3 aromatic carbocycles. The van der Waals surface area contributed by atoms with E-state index in [1.165, 1.54) is 0 Å². The number of nitrogens with one attached hydrogen (secondary N) is 1. The maximum atomic E-state index is 13.8. The SMILES string of the molecule is CCCCNC(=O)[C@@H](Cc1ccccc1)N(Cc1ccc(C)cc1)C(=O)Cc1c(Cl)cccc1Cl. The molecule has 0 aromatic heterocycles. The third kappa shape index (κ3) is 7.84. The summed E-state index contributed by atoms with van der Waals surface area (Å²) >= 11 is 12.8. The second-order valence-electron chi connectivity index (χ2n) is 8.73. The van der Waals surface area contributed by atoms with Crippen LogP contribution in [0.3, 0.4) is 0 Å². The Balaban J connectivity index is 1.97. The van der Waals surface area contributed by atoms with E-state index in [9.17, 15) is 9.59 Å². The summed E-state index contributed by atoms with van der Waals surface area (Å²) in [7, 11) is 0. The minimum absolute atomic E-state index is 0.0118. The predicted molar refractivity (Wildman–Crippen MR) is 144 cm³/mol. The van der Waals surface area contributed by atoms with Gasteiger partial charge in [0.25, 0.3) is 0 Å². The number of amides is 2. The highest BCUT2D eigenvalue weighted by molar-refractivity contribution is 6.36. The number of carbonyl (C=O) groups excluding carboxylic acids is 2. The molecule has 0 bridgehead atoms. The Morgan fingerprint density at radius 1 is 0.886 bits per heavy atom. The number of rotatable bonds is 11. The van der Waals surface area contributed by atoms with E-state index in [4.69, 9.17) is 23.2 Å². The van der Waals surface area contributed by atoms with Gasteiger partial charge in [-0.25, -0.2) is 0 Å². The van der Waals surface area contributed by atoms with Crippen LogP contribution in [0.15, 0.2) is 72.8 Å². The van der Waals surface area contributed by atoms with Crippen LogP contribution < -0.4 is 5.32 Å². The van der Waals surface area contributed by atoms with E-state index in [1.807, 2.05) is 61.5 Å². The number of aryl methyl sites for hydroxylation is 1. The van der Waals surface area contributed by atoms with Crippen molar-refractivity contribution in [2.45, 2.75) is 52.1 Å². The molecule has 6 heteroatoms. The van der Waals surface area contributed by atoms with E-state index in [0.717, 1.165) is 29.5 Å². The molecule has 0 aliphatic carbocycles. The summed E-state index contributed by atoms with van der Waals surface area (Å²) in [5.74, 6) is -0.361. The molecule has 1 N–H and O–H groups in total. The molecule has 184 valence electrons. The molecular weight excluding hydrogens is 479 g/mol. The van der Waals surface area contributed by atoms with E-state index < -0.39 is 6.04 Å². The minimum atomic E-state index is -0.677. The van der Waals surface area contributed by atoms with Crippen LogP contribution in [-0.4, -0.2) is 29.3 Å². The number of hydrogen-bond acceptors (Lipinski definition) is 2. The molecule has 0 spiro atoms. The van der Waals surface area contributed by atoms with Crippen LogP contribution in [0.5, 0.6) is 0 Å². The topological polar surface area (TPSA) is 49.4 Å². The van der Waals surface area contributed by atoms with Crippen LogP contribution in [-0.2, 0) is 29.0 Å². The monoisotopic (exact) mass is 510 g/mol. The van der Waals surface area contributed by atoms with Gasteiger partial charge >= 0.3 is 0 Å². The molecule has 1 atom stereocenters. The molecular formula is C29H32Cl2N2O2. The Bertz CT molecular complexity index is 1100. The minimum Gasteiger partial charge on any atom is -0.354 e. The Morgan fingerprint density at radius 2 is 1.54 bits per heavy atom. The summed E-state index contributed by atoms with van der Waals surface area (Å²) in [5, 5.41) is 3.91. The van der Waals surface area contributed by atoms with Crippen LogP contribution in [0.4, 0.5) is 0 Å². The summed E-state index contributed by atoms with van der Waals surface area (Å²) in [5.41, 5.74) is 3.64. The lowest BCUT2D eigenvalue weighted by atomic mass is 10.0. The van der Waals surface area contributed by atoms with Crippen molar-refractivity contribution in [2.24, 2.45) is 0 Å². The van der Waals surface area contributed by atoms with Gasteiger partial charge in [-0.3, -0.25) is 9.59 Å². The van der Waals surface area contributed by atoms with Gasteiger partial charge in [0.05, 0.1) is 6.42 Å². The molecule has 2 amide bonds. The maximum Gasteiger partial charge on any atom is 0.243 e. The van der Waals surface area contributed by atoms with Gasteiger partial charge in [0.2, 0.25) is 11.8 Å². The lowest BCUT2D eigenvalue weighted by Crippen LogP contribution is -2.51. The second kappa shape index (κ2) is 13.3. The number of unbranched alkanes of at least 4 members (excludes halogenated alkanes) is 1. The van der Waals surface area contributed by atoms with Crippen LogP contribution in [0.25, 0.3) is 0 Å². The fraction of sp³-hybridized carbons (Fsp3) is 0.310. The van der Waals surface area contributed by atoms with Crippen molar-refractivity contribution in [1.29, 1.82) is 0 Å². The van der Waals surface area contributed by atoms with Gasteiger partial charge in [-0.1, -0.05) is 103 Å². The number of halogens is 2. The molecule has 0 unspecified atom stereocenters. The molecule has 0 fully saturated rings. The Morgan fingerprint density at radius 3 is 2.17 bits per heavy atom. The van der Waals surface area contributed by atoms with Crippen LogP contribution in [0.1, 0.15) is 42.0 Å². The number of hydrogen-bond donors (Lipinski definition) is 1. The lowest BCUT2D eigenvalue weighted by molar-refractivity contribution is -0.140. The molecule has 0 saturated heterocycles. The fourth-order valence-corrected chi connectivity index (χ4v) is 4.44. The third-order valence-electron chi connectivity index (χ3n) is 5.96. The van der Waals surface area contributed by atoms with E-state index in [2.05, 4.69) is 12.2 Å². The number of carbonyl (C=O) groups is 2. The van der Waals surface area contributed by atoms with Gasteiger partial charge in [0.1, 0.15) is 6.04 Å². The van der Waals surface area contributed by atoms with E-state index in [0.29, 0.717) is 35.1 Å². The van der Waals surface area contributed by atoms with Crippen molar-refractivity contribution in [2.75, 3.05) is 6.54 Å². The average molecular weight is 511 g/mol. The molecule has 0 aliphatic heterocycles. The average Bonchev–Trinajstić information content (AvgIpc) is 2.85. The summed E-state index contributed by atoms with van der Waals surface area (Å²) < 4.78 is 0. The number of nitrogens with zero attached hydrogens (tertiary/aromatic N) is 1. The Kier molecular flexibility index (Phi) is 10.2. The van der Waals surface area contributed by atoms with Gasteiger partial charge in [0, 0.05) is 29.6 Å². The Hall–Kier alpha value is -2.82. The van der Waals surface area contributed by atoms with Crippen molar-refractivity contribution in [3.63, 3.8) is 0 Å². The fourth-order valence-electron chi connectivity index (χ4n) is 3.90. The van der Waals surface area contributed by atoms with Gasteiger partial charge in [0.15, 0.2) is 0 Å². The van der Waals surface area contributed by atoms with Crippen molar-refractivity contribution in [3.05, 3.63) is 105 Å².